The molecule has 0 saturated carbocycles. The quantitative estimate of drug-likeness (QED) is 0.440. The summed E-state index contributed by atoms with van der Waals surface area (Å²) in [4.78, 5) is 21.6. The van der Waals surface area contributed by atoms with Crippen LogP contribution in [0, 0.1) is 15.5 Å². The van der Waals surface area contributed by atoms with Crippen LogP contribution >= 0.6 is 0 Å². The molecule has 0 aromatic heterocycles. The Morgan fingerprint density at radius 1 is 1.42 bits per heavy atom. The van der Waals surface area contributed by atoms with Crippen LogP contribution in [0.25, 0.3) is 0 Å². The molecule has 0 unspecified atom stereocenters. The number of para-hydroxylation sites is 1. The third-order valence-corrected chi connectivity index (χ3v) is 2.99. The summed E-state index contributed by atoms with van der Waals surface area (Å²) in [6.45, 7) is 4.52. The smallest absolute Gasteiger partial charge is 0.272 e. The fourth-order valence-corrected chi connectivity index (χ4v) is 1.61. The van der Waals surface area contributed by atoms with E-state index in [1.807, 2.05) is 0 Å². The second-order valence-corrected chi connectivity index (χ2v) is 5.06. The third kappa shape index (κ3) is 4.33. The summed E-state index contributed by atoms with van der Waals surface area (Å²) < 4.78 is 0. The molecule has 1 rings (SSSR count). The number of carbonyl (C=O) groups excluding carboxylic acids is 1. The summed E-state index contributed by atoms with van der Waals surface area (Å²) in [6.07, 6.45) is 0.534. The van der Waals surface area contributed by atoms with Crippen LogP contribution in [0.3, 0.4) is 0 Å². The number of benzene rings is 1. The fraction of sp³-hybridized carbons (Fsp3) is 0.462. The van der Waals surface area contributed by atoms with Gasteiger partial charge in [0, 0.05) is 18.2 Å². The van der Waals surface area contributed by atoms with Crippen LogP contribution in [-0.4, -0.2) is 23.9 Å². The van der Waals surface area contributed by atoms with Gasteiger partial charge in [0.15, 0.2) is 0 Å². The molecule has 0 aliphatic heterocycles. The molecular weight excluding hydrogens is 246 g/mol. The minimum atomic E-state index is -0.622. The number of nitrogens with one attached hydrogen (secondary N) is 1. The molecule has 3 N–H and O–H groups in total. The lowest BCUT2D eigenvalue weighted by Gasteiger charge is -2.20. The average molecular weight is 265 g/mol. The normalized spacial score (nSPS) is 11.3. The molecule has 0 heterocycles. The molecule has 0 bridgehead atoms. The lowest BCUT2D eigenvalue weighted by molar-refractivity contribution is -0.385. The van der Waals surface area contributed by atoms with E-state index < -0.39 is 5.41 Å². The number of nitro benzene ring substituents is 1. The van der Waals surface area contributed by atoms with Crippen molar-refractivity contribution in [1.82, 2.24) is 5.32 Å². The SMILES string of the molecule is CC(C)(CNCCc1ccccc1[N+](=O)[O-])C(N)=O. The average Bonchev–Trinajstić information content (AvgIpc) is 2.34. The van der Waals surface area contributed by atoms with Gasteiger partial charge in [0.05, 0.1) is 10.3 Å². The maximum atomic E-state index is 11.1. The molecule has 6 nitrogen and oxygen atoms in total. The van der Waals surface area contributed by atoms with Gasteiger partial charge in [-0.1, -0.05) is 18.2 Å². The molecular formula is C13H19N3O3. The summed E-state index contributed by atoms with van der Waals surface area (Å²) in [7, 11) is 0. The molecule has 1 amide bonds. The molecule has 0 aliphatic rings. The van der Waals surface area contributed by atoms with Crippen molar-refractivity contribution in [2.45, 2.75) is 20.3 Å². The second-order valence-electron chi connectivity index (χ2n) is 5.06. The Labute approximate surface area is 112 Å². The lowest BCUT2D eigenvalue weighted by Crippen LogP contribution is -2.40. The Morgan fingerprint density at radius 3 is 2.63 bits per heavy atom. The molecule has 0 fully saturated rings. The predicted octanol–water partition coefficient (Wildman–Crippen LogP) is 1.24. The third-order valence-electron chi connectivity index (χ3n) is 2.99. The Morgan fingerprint density at radius 2 is 2.05 bits per heavy atom. The van der Waals surface area contributed by atoms with Crippen LogP contribution in [0.1, 0.15) is 19.4 Å². The first-order valence-electron chi connectivity index (χ1n) is 6.07. The first-order chi connectivity index (χ1) is 8.84. The molecule has 0 atom stereocenters. The first-order valence-corrected chi connectivity index (χ1v) is 6.07. The van der Waals surface area contributed by atoms with Crippen LogP contribution < -0.4 is 11.1 Å². The van der Waals surface area contributed by atoms with E-state index in [1.165, 1.54) is 6.07 Å². The largest absolute Gasteiger partial charge is 0.369 e. The van der Waals surface area contributed by atoms with Gasteiger partial charge < -0.3 is 11.1 Å². The Bertz CT molecular complexity index is 472. The fourth-order valence-electron chi connectivity index (χ4n) is 1.61. The van der Waals surface area contributed by atoms with Gasteiger partial charge in [-0.25, -0.2) is 0 Å². The molecule has 0 aliphatic carbocycles. The van der Waals surface area contributed by atoms with Gasteiger partial charge >= 0.3 is 0 Å². The zero-order valence-corrected chi connectivity index (χ0v) is 11.2. The number of carbonyl (C=O) groups is 1. The highest BCUT2D eigenvalue weighted by molar-refractivity contribution is 5.80. The number of hydrogen-bond donors (Lipinski definition) is 2. The highest BCUT2D eigenvalue weighted by Gasteiger charge is 2.24. The monoisotopic (exact) mass is 265 g/mol. The molecule has 6 heteroatoms. The molecule has 1 aromatic carbocycles. The van der Waals surface area contributed by atoms with Crippen LogP contribution in [0.15, 0.2) is 24.3 Å². The van der Waals surface area contributed by atoms with Crippen molar-refractivity contribution in [1.29, 1.82) is 0 Å². The molecule has 0 radical (unpaired) electrons. The minimum Gasteiger partial charge on any atom is -0.369 e. The summed E-state index contributed by atoms with van der Waals surface area (Å²) in [5.74, 6) is -0.370. The summed E-state index contributed by atoms with van der Waals surface area (Å²) in [5.41, 5.74) is 5.44. The minimum absolute atomic E-state index is 0.124. The second kappa shape index (κ2) is 6.29. The molecule has 0 saturated heterocycles. The van der Waals surface area contributed by atoms with Crippen molar-refractivity contribution in [3.63, 3.8) is 0 Å². The van der Waals surface area contributed by atoms with Crippen LogP contribution in [0.5, 0.6) is 0 Å². The van der Waals surface area contributed by atoms with E-state index in [1.54, 1.807) is 32.0 Å². The number of rotatable bonds is 7. The highest BCUT2D eigenvalue weighted by atomic mass is 16.6. The lowest BCUT2D eigenvalue weighted by atomic mass is 9.93. The number of amides is 1. The van der Waals surface area contributed by atoms with Crippen molar-refractivity contribution in [2.24, 2.45) is 11.1 Å². The summed E-state index contributed by atoms with van der Waals surface area (Å²) in [5, 5.41) is 13.9. The standard InChI is InChI=1S/C13H19N3O3/c1-13(2,12(14)17)9-15-8-7-10-5-3-4-6-11(10)16(18)19/h3-6,15H,7-9H2,1-2H3,(H2,14,17). The molecule has 19 heavy (non-hydrogen) atoms. The van der Waals surface area contributed by atoms with E-state index >= 15 is 0 Å². The zero-order valence-electron chi connectivity index (χ0n) is 11.2. The topological polar surface area (TPSA) is 98.3 Å². The molecule has 1 aromatic rings. The van der Waals surface area contributed by atoms with Crippen molar-refractivity contribution in [2.75, 3.05) is 13.1 Å². The van der Waals surface area contributed by atoms with Crippen molar-refractivity contribution >= 4 is 11.6 Å². The van der Waals surface area contributed by atoms with Gasteiger partial charge in [-0.05, 0) is 26.8 Å². The molecule has 104 valence electrons. The number of nitrogens with zero attached hydrogens (tertiary/aromatic N) is 1. The van der Waals surface area contributed by atoms with Crippen molar-refractivity contribution in [3.8, 4) is 0 Å². The van der Waals surface area contributed by atoms with Gasteiger partial charge in [0.2, 0.25) is 5.91 Å². The van der Waals surface area contributed by atoms with Gasteiger partial charge in [-0.2, -0.15) is 0 Å². The molecule has 0 spiro atoms. The van der Waals surface area contributed by atoms with E-state index in [4.69, 9.17) is 5.73 Å². The van der Waals surface area contributed by atoms with E-state index in [9.17, 15) is 14.9 Å². The van der Waals surface area contributed by atoms with E-state index in [-0.39, 0.29) is 16.5 Å². The number of hydrogen-bond acceptors (Lipinski definition) is 4. The van der Waals surface area contributed by atoms with Gasteiger partial charge in [0.25, 0.3) is 5.69 Å². The first kappa shape index (κ1) is 15.1. The van der Waals surface area contributed by atoms with Crippen molar-refractivity contribution in [3.05, 3.63) is 39.9 Å². The summed E-state index contributed by atoms with van der Waals surface area (Å²) >= 11 is 0. The van der Waals surface area contributed by atoms with Crippen LogP contribution in [0.4, 0.5) is 5.69 Å². The van der Waals surface area contributed by atoms with Crippen LogP contribution in [-0.2, 0) is 11.2 Å². The summed E-state index contributed by atoms with van der Waals surface area (Å²) in [6, 6.07) is 6.64. The predicted molar refractivity (Wildman–Crippen MR) is 72.6 cm³/mol. The number of nitro groups is 1. The Kier molecular flexibility index (Phi) is 5.00. The van der Waals surface area contributed by atoms with Gasteiger partial charge in [0.1, 0.15) is 0 Å². The van der Waals surface area contributed by atoms with Crippen LogP contribution in [0.2, 0.25) is 0 Å². The van der Waals surface area contributed by atoms with E-state index in [0.717, 1.165) is 0 Å². The zero-order chi connectivity index (χ0) is 14.5. The Hall–Kier alpha value is -1.95. The maximum Gasteiger partial charge on any atom is 0.272 e. The van der Waals surface area contributed by atoms with E-state index in [2.05, 4.69) is 5.32 Å². The maximum absolute atomic E-state index is 11.1. The Balaban J connectivity index is 2.51. The number of primary amides is 1. The van der Waals surface area contributed by atoms with Gasteiger partial charge in [-0.15, -0.1) is 0 Å². The van der Waals surface area contributed by atoms with E-state index in [0.29, 0.717) is 25.1 Å². The van der Waals surface area contributed by atoms with Gasteiger partial charge in [-0.3, -0.25) is 14.9 Å². The van der Waals surface area contributed by atoms with Crippen molar-refractivity contribution < 1.29 is 9.72 Å². The highest BCUT2D eigenvalue weighted by Crippen LogP contribution is 2.18. The number of nitrogens with two attached hydrogens (primary N) is 1.